The molecular weight excluding hydrogens is 408 g/mol. The van der Waals surface area contributed by atoms with Crippen molar-refractivity contribution in [1.82, 2.24) is 9.62 Å². The molecule has 5 nitrogen and oxygen atoms in total. The van der Waals surface area contributed by atoms with E-state index in [4.69, 9.17) is 11.6 Å². The number of rotatable bonds is 5. The summed E-state index contributed by atoms with van der Waals surface area (Å²) < 4.78 is 27.2. The van der Waals surface area contributed by atoms with Crippen LogP contribution in [-0.2, 0) is 22.9 Å². The van der Waals surface area contributed by atoms with E-state index in [1.165, 1.54) is 34.0 Å². The molecule has 2 aliphatic rings. The summed E-state index contributed by atoms with van der Waals surface area (Å²) in [5.74, 6) is -0.312. The predicted molar refractivity (Wildman–Crippen MR) is 114 cm³/mol. The lowest BCUT2D eigenvalue weighted by molar-refractivity contribution is 0.0939. The zero-order valence-corrected chi connectivity index (χ0v) is 18.0. The van der Waals surface area contributed by atoms with Crippen molar-refractivity contribution in [3.05, 3.63) is 63.7 Å². The molecule has 1 fully saturated rings. The normalized spacial score (nSPS) is 17.9. The Morgan fingerprint density at radius 3 is 2.52 bits per heavy atom. The molecule has 1 aliphatic carbocycles. The molecule has 0 aromatic heterocycles. The average molecular weight is 433 g/mol. The highest BCUT2D eigenvalue weighted by molar-refractivity contribution is 7.89. The second kappa shape index (κ2) is 8.09. The Kier molecular flexibility index (Phi) is 5.69. The van der Waals surface area contributed by atoms with Gasteiger partial charge in [-0.3, -0.25) is 4.79 Å². The standard InChI is InChI=1S/C22H25ClN2O3S/c1-15(17-8-7-16-5-4-6-18(16)13-17)24-22(26)19-9-10-20(23)21(14-19)29(27,28)25-11-2-3-12-25/h7-10,13-15H,2-6,11-12H2,1H3,(H,24,26). The van der Waals surface area contributed by atoms with E-state index in [2.05, 4.69) is 23.5 Å². The number of sulfonamides is 1. The number of hydrogen-bond acceptors (Lipinski definition) is 3. The van der Waals surface area contributed by atoms with Gasteiger partial charge < -0.3 is 5.32 Å². The van der Waals surface area contributed by atoms with E-state index in [-0.39, 0.29) is 21.9 Å². The number of halogens is 1. The summed E-state index contributed by atoms with van der Waals surface area (Å²) in [6.45, 7) is 2.92. The number of amides is 1. The van der Waals surface area contributed by atoms with Crippen LogP contribution < -0.4 is 5.32 Å². The first-order valence-electron chi connectivity index (χ1n) is 10.1. The topological polar surface area (TPSA) is 66.5 Å². The third kappa shape index (κ3) is 4.06. The molecule has 154 valence electrons. The molecule has 1 aliphatic heterocycles. The fourth-order valence-corrected chi connectivity index (χ4v) is 6.15. The molecule has 2 aromatic rings. The highest BCUT2D eigenvalue weighted by atomic mass is 35.5. The number of nitrogens with one attached hydrogen (secondary N) is 1. The number of carbonyl (C=O) groups excluding carboxylic acids is 1. The van der Waals surface area contributed by atoms with Gasteiger partial charge in [0.2, 0.25) is 10.0 Å². The number of benzene rings is 2. The molecule has 1 heterocycles. The van der Waals surface area contributed by atoms with Crippen molar-refractivity contribution < 1.29 is 13.2 Å². The monoisotopic (exact) mass is 432 g/mol. The van der Waals surface area contributed by atoms with Crippen LogP contribution in [0.3, 0.4) is 0 Å². The summed E-state index contributed by atoms with van der Waals surface area (Å²) in [5.41, 5.74) is 4.09. The van der Waals surface area contributed by atoms with E-state index in [0.717, 1.165) is 31.2 Å². The van der Waals surface area contributed by atoms with Crippen molar-refractivity contribution in [1.29, 1.82) is 0 Å². The van der Waals surface area contributed by atoms with Gasteiger partial charge in [-0.1, -0.05) is 29.8 Å². The van der Waals surface area contributed by atoms with Crippen LogP contribution in [0.15, 0.2) is 41.3 Å². The Hall–Kier alpha value is -1.89. The maximum atomic E-state index is 12.9. The Balaban J connectivity index is 1.54. The SMILES string of the molecule is CC(NC(=O)c1ccc(Cl)c(S(=O)(=O)N2CCCC2)c1)c1ccc2c(c1)CCC2. The van der Waals surface area contributed by atoms with Crippen LogP contribution in [-0.4, -0.2) is 31.7 Å². The van der Waals surface area contributed by atoms with E-state index < -0.39 is 10.0 Å². The van der Waals surface area contributed by atoms with Gasteiger partial charge in [-0.15, -0.1) is 0 Å². The Bertz CT molecular complexity index is 1050. The lowest BCUT2D eigenvalue weighted by atomic mass is 10.0. The average Bonchev–Trinajstić information content (AvgIpc) is 3.39. The molecule has 0 bridgehead atoms. The fraction of sp³-hybridized carbons (Fsp3) is 0.409. The minimum atomic E-state index is -3.69. The molecule has 1 saturated heterocycles. The van der Waals surface area contributed by atoms with Gasteiger partial charge in [0.25, 0.3) is 5.91 Å². The van der Waals surface area contributed by atoms with Gasteiger partial charge in [-0.05, 0) is 73.9 Å². The second-order valence-electron chi connectivity index (χ2n) is 7.83. The summed E-state index contributed by atoms with van der Waals surface area (Å²) in [6, 6.07) is 10.6. The maximum Gasteiger partial charge on any atom is 0.251 e. The molecule has 1 N–H and O–H groups in total. The molecule has 1 amide bonds. The van der Waals surface area contributed by atoms with Gasteiger partial charge in [-0.2, -0.15) is 4.31 Å². The number of aryl methyl sites for hydroxylation is 2. The van der Waals surface area contributed by atoms with Crippen LogP contribution in [0.2, 0.25) is 5.02 Å². The number of nitrogens with zero attached hydrogens (tertiary/aromatic N) is 1. The summed E-state index contributed by atoms with van der Waals surface area (Å²) in [7, 11) is -3.69. The molecule has 1 unspecified atom stereocenters. The first-order chi connectivity index (χ1) is 13.9. The first kappa shape index (κ1) is 20.4. The molecule has 29 heavy (non-hydrogen) atoms. The number of carbonyl (C=O) groups is 1. The van der Waals surface area contributed by atoms with Crippen molar-refractivity contribution >= 4 is 27.5 Å². The maximum absolute atomic E-state index is 12.9. The smallest absolute Gasteiger partial charge is 0.251 e. The van der Waals surface area contributed by atoms with Gasteiger partial charge in [-0.25, -0.2) is 8.42 Å². The Morgan fingerprint density at radius 2 is 1.76 bits per heavy atom. The zero-order chi connectivity index (χ0) is 20.6. The molecule has 2 aromatic carbocycles. The minimum absolute atomic E-state index is 0.00102. The van der Waals surface area contributed by atoms with Crippen LogP contribution in [0.4, 0.5) is 0 Å². The summed E-state index contributed by atoms with van der Waals surface area (Å²) >= 11 is 6.18. The second-order valence-corrected chi connectivity index (χ2v) is 10.1. The summed E-state index contributed by atoms with van der Waals surface area (Å²) in [5, 5.41) is 3.12. The molecule has 0 spiro atoms. The predicted octanol–water partition coefficient (Wildman–Crippen LogP) is 4.10. The summed E-state index contributed by atoms with van der Waals surface area (Å²) in [6.07, 6.45) is 5.07. The van der Waals surface area contributed by atoms with Crippen molar-refractivity contribution in [2.24, 2.45) is 0 Å². The van der Waals surface area contributed by atoms with Crippen LogP contribution in [0.1, 0.15) is 59.3 Å². The minimum Gasteiger partial charge on any atom is -0.346 e. The molecule has 0 radical (unpaired) electrons. The molecule has 4 rings (SSSR count). The van der Waals surface area contributed by atoms with Crippen molar-refractivity contribution in [2.45, 2.75) is 50.0 Å². The fourth-order valence-electron chi connectivity index (χ4n) is 4.13. The van der Waals surface area contributed by atoms with E-state index >= 15 is 0 Å². The first-order valence-corrected chi connectivity index (χ1v) is 11.9. The van der Waals surface area contributed by atoms with Crippen LogP contribution in [0, 0.1) is 0 Å². The lowest BCUT2D eigenvalue weighted by Crippen LogP contribution is -2.29. The van der Waals surface area contributed by atoms with Gasteiger partial charge in [0, 0.05) is 18.7 Å². The Morgan fingerprint density at radius 1 is 1.03 bits per heavy atom. The highest BCUT2D eigenvalue weighted by Crippen LogP contribution is 2.29. The molecular formula is C22H25ClN2O3S. The Labute approximate surface area is 177 Å². The van der Waals surface area contributed by atoms with Gasteiger partial charge in [0.05, 0.1) is 11.1 Å². The van der Waals surface area contributed by atoms with E-state index in [9.17, 15) is 13.2 Å². The lowest BCUT2D eigenvalue weighted by Gasteiger charge is -2.18. The van der Waals surface area contributed by atoms with Crippen LogP contribution in [0.25, 0.3) is 0 Å². The third-order valence-electron chi connectivity index (χ3n) is 5.85. The van der Waals surface area contributed by atoms with Crippen molar-refractivity contribution in [3.8, 4) is 0 Å². The van der Waals surface area contributed by atoms with Gasteiger partial charge >= 0.3 is 0 Å². The molecule has 1 atom stereocenters. The van der Waals surface area contributed by atoms with Crippen molar-refractivity contribution in [3.63, 3.8) is 0 Å². The van der Waals surface area contributed by atoms with Crippen molar-refractivity contribution in [2.75, 3.05) is 13.1 Å². The van der Waals surface area contributed by atoms with E-state index in [1.807, 2.05) is 6.92 Å². The van der Waals surface area contributed by atoms with Crippen LogP contribution in [0.5, 0.6) is 0 Å². The zero-order valence-electron chi connectivity index (χ0n) is 16.4. The molecule has 0 saturated carbocycles. The number of hydrogen-bond donors (Lipinski definition) is 1. The summed E-state index contributed by atoms with van der Waals surface area (Å²) in [4.78, 5) is 12.8. The van der Waals surface area contributed by atoms with E-state index in [1.54, 1.807) is 6.07 Å². The van der Waals surface area contributed by atoms with Gasteiger partial charge in [0.15, 0.2) is 0 Å². The quantitative estimate of drug-likeness (QED) is 0.773. The van der Waals surface area contributed by atoms with Crippen LogP contribution >= 0.6 is 11.6 Å². The van der Waals surface area contributed by atoms with Gasteiger partial charge in [0.1, 0.15) is 4.90 Å². The molecule has 7 heteroatoms. The van der Waals surface area contributed by atoms with E-state index in [0.29, 0.717) is 18.7 Å². The third-order valence-corrected chi connectivity index (χ3v) is 8.23. The highest BCUT2D eigenvalue weighted by Gasteiger charge is 2.30. The number of fused-ring (bicyclic) bond motifs is 1. The largest absolute Gasteiger partial charge is 0.346 e.